The van der Waals surface area contributed by atoms with Crippen LogP contribution in [0.2, 0.25) is 0 Å². The van der Waals surface area contributed by atoms with Gasteiger partial charge in [0.1, 0.15) is 0 Å². The number of benzene rings is 1. The fourth-order valence-electron chi connectivity index (χ4n) is 2.33. The number of hydrogen-bond donors (Lipinski definition) is 1. The minimum atomic E-state index is -0.170. The normalized spacial score (nSPS) is 17.1. The Morgan fingerprint density at radius 2 is 1.94 bits per heavy atom. The molecular weight excluding hydrogens is 214 g/mol. The average molecular weight is 229 g/mol. The minimum absolute atomic E-state index is 0.170. The van der Waals surface area contributed by atoms with Crippen molar-refractivity contribution in [3.8, 4) is 0 Å². The Morgan fingerprint density at radius 1 is 1.29 bits per heavy atom. The Morgan fingerprint density at radius 3 is 2.47 bits per heavy atom. The second-order valence-corrected chi connectivity index (χ2v) is 4.65. The Balaban J connectivity index is 1.84. The highest BCUT2D eigenvalue weighted by atomic mass is 16.5. The van der Waals surface area contributed by atoms with Crippen LogP contribution in [-0.2, 0) is 12.8 Å². The van der Waals surface area contributed by atoms with Gasteiger partial charge in [0, 0.05) is 5.92 Å². The first-order valence-electron chi connectivity index (χ1n) is 5.90. The molecular formula is C13H15N3O. The van der Waals surface area contributed by atoms with Crippen LogP contribution in [0.3, 0.4) is 0 Å². The third-order valence-corrected chi connectivity index (χ3v) is 3.26. The summed E-state index contributed by atoms with van der Waals surface area (Å²) in [5, 5.41) is 3.91. The van der Waals surface area contributed by atoms with E-state index in [1.54, 1.807) is 0 Å². The zero-order valence-electron chi connectivity index (χ0n) is 9.76. The van der Waals surface area contributed by atoms with Gasteiger partial charge in [-0.2, -0.15) is 4.98 Å². The largest absolute Gasteiger partial charge is 0.339 e. The summed E-state index contributed by atoms with van der Waals surface area (Å²) in [5.74, 6) is 1.62. The lowest BCUT2D eigenvalue weighted by Crippen LogP contribution is -2.07. The maximum atomic E-state index is 5.72. The number of rotatable bonds is 2. The molecule has 0 bridgehead atoms. The second kappa shape index (κ2) is 3.96. The van der Waals surface area contributed by atoms with Crippen molar-refractivity contribution >= 4 is 0 Å². The Hall–Kier alpha value is -1.68. The molecule has 3 rings (SSSR count). The molecule has 2 aromatic rings. The highest BCUT2D eigenvalue weighted by Crippen LogP contribution is 2.33. The molecule has 1 aromatic carbocycles. The van der Waals surface area contributed by atoms with Crippen molar-refractivity contribution in [1.82, 2.24) is 10.1 Å². The van der Waals surface area contributed by atoms with Crippen LogP contribution in [0.5, 0.6) is 0 Å². The van der Waals surface area contributed by atoms with Crippen LogP contribution >= 0.6 is 0 Å². The van der Waals surface area contributed by atoms with Crippen LogP contribution in [0, 0.1) is 0 Å². The molecule has 1 aliphatic rings. The monoisotopic (exact) mass is 229 g/mol. The maximum Gasteiger partial charge on any atom is 0.230 e. The lowest BCUT2D eigenvalue weighted by molar-refractivity contribution is 0.350. The van der Waals surface area contributed by atoms with Gasteiger partial charge in [0.2, 0.25) is 5.89 Å². The van der Waals surface area contributed by atoms with Gasteiger partial charge >= 0.3 is 0 Å². The van der Waals surface area contributed by atoms with Gasteiger partial charge in [0.15, 0.2) is 5.82 Å². The molecule has 0 saturated heterocycles. The van der Waals surface area contributed by atoms with Crippen molar-refractivity contribution in [3.63, 3.8) is 0 Å². The van der Waals surface area contributed by atoms with Gasteiger partial charge in [-0.15, -0.1) is 0 Å². The summed E-state index contributed by atoms with van der Waals surface area (Å²) in [6.45, 7) is 1.86. The van der Waals surface area contributed by atoms with Crippen molar-refractivity contribution in [2.45, 2.75) is 31.7 Å². The molecule has 88 valence electrons. The number of nitrogens with two attached hydrogens (primary N) is 1. The van der Waals surface area contributed by atoms with Crippen molar-refractivity contribution in [1.29, 1.82) is 0 Å². The van der Waals surface area contributed by atoms with Crippen LogP contribution in [0.25, 0.3) is 0 Å². The molecule has 17 heavy (non-hydrogen) atoms. The van der Waals surface area contributed by atoms with E-state index in [9.17, 15) is 0 Å². The highest BCUT2D eigenvalue weighted by Gasteiger charge is 2.27. The van der Waals surface area contributed by atoms with E-state index >= 15 is 0 Å². The molecule has 4 nitrogen and oxygen atoms in total. The summed E-state index contributed by atoms with van der Waals surface area (Å²) in [4.78, 5) is 4.37. The third-order valence-electron chi connectivity index (χ3n) is 3.26. The fraction of sp³-hybridized carbons (Fsp3) is 0.385. The van der Waals surface area contributed by atoms with E-state index in [0.29, 0.717) is 17.6 Å². The molecule has 0 fully saturated rings. The lowest BCUT2D eigenvalue weighted by Gasteiger charge is -2.00. The van der Waals surface area contributed by atoms with E-state index < -0.39 is 0 Å². The SMILES string of the molecule is CC(N)c1noc(C2Cc3ccccc3C2)n1. The van der Waals surface area contributed by atoms with Gasteiger partial charge in [-0.1, -0.05) is 29.4 Å². The van der Waals surface area contributed by atoms with Gasteiger partial charge in [0.25, 0.3) is 0 Å². The average Bonchev–Trinajstić information content (AvgIpc) is 2.95. The highest BCUT2D eigenvalue weighted by molar-refractivity contribution is 5.34. The molecule has 2 N–H and O–H groups in total. The fourth-order valence-corrected chi connectivity index (χ4v) is 2.33. The first kappa shape index (κ1) is 10.5. The molecule has 1 atom stereocenters. The molecule has 0 radical (unpaired) electrons. The molecule has 1 unspecified atom stereocenters. The molecule has 1 heterocycles. The van der Waals surface area contributed by atoms with Crippen LogP contribution in [0.1, 0.15) is 41.7 Å². The van der Waals surface area contributed by atoms with Crippen molar-refractivity contribution in [2.75, 3.05) is 0 Å². The molecule has 0 saturated carbocycles. The molecule has 0 amide bonds. The lowest BCUT2D eigenvalue weighted by atomic mass is 10.1. The molecule has 0 aliphatic heterocycles. The number of aromatic nitrogens is 2. The van der Waals surface area contributed by atoms with Crippen molar-refractivity contribution in [3.05, 3.63) is 47.1 Å². The third kappa shape index (κ3) is 1.85. The van der Waals surface area contributed by atoms with Gasteiger partial charge in [-0.25, -0.2) is 0 Å². The van der Waals surface area contributed by atoms with Crippen molar-refractivity contribution in [2.24, 2.45) is 5.73 Å². The first-order valence-corrected chi connectivity index (χ1v) is 5.90. The zero-order valence-corrected chi connectivity index (χ0v) is 9.76. The van der Waals surface area contributed by atoms with Crippen molar-refractivity contribution < 1.29 is 4.52 Å². The summed E-state index contributed by atoms with van der Waals surface area (Å²) in [7, 11) is 0. The smallest absolute Gasteiger partial charge is 0.230 e. The Bertz CT molecular complexity index is 508. The van der Waals surface area contributed by atoms with Gasteiger partial charge < -0.3 is 10.3 Å². The van der Waals surface area contributed by atoms with Crippen LogP contribution in [0.4, 0.5) is 0 Å². The van der Waals surface area contributed by atoms with Gasteiger partial charge in [-0.3, -0.25) is 0 Å². The number of hydrogen-bond acceptors (Lipinski definition) is 4. The second-order valence-electron chi connectivity index (χ2n) is 4.65. The molecule has 1 aromatic heterocycles. The zero-order chi connectivity index (χ0) is 11.8. The molecule has 0 spiro atoms. The summed E-state index contributed by atoms with van der Waals surface area (Å²) < 4.78 is 5.30. The quantitative estimate of drug-likeness (QED) is 0.855. The standard InChI is InChI=1S/C13H15N3O/c1-8(14)12-15-13(17-16-12)11-6-9-4-2-3-5-10(9)7-11/h2-5,8,11H,6-7,14H2,1H3. The predicted octanol–water partition coefficient (Wildman–Crippen LogP) is 1.97. The topological polar surface area (TPSA) is 64.9 Å². The van der Waals surface area contributed by atoms with E-state index in [-0.39, 0.29) is 6.04 Å². The van der Waals surface area contributed by atoms with E-state index in [1.165, 1.54) is 11.1 Å². The Kier molecular flexibility index (Phi) is 2.44. The molecule has 1 aliphatic carbocycles. The van der Waals surface area contributed by atoms with E-state index in [1.807, 2.05) is 6.92 Å². The minimum Gasteiger partial charge on any atom is -0.339 e. The van der Waals surface area contributed by atoms with Gasteiger partial charge in [-0.05, 0) is 30.9 Å². The van der Waals surface area contributed by atoms with E-state index in [2.05, 4.69) is 34.4 Å². The number of fused-ring (bicyclic) bond motifs is 1. The van der Waals surface area contributed by atoms with Crippen LogP contribution in [-0.4, -0.2) is 10.1 Å². The first-order chi connectivity index (χ1) is 8.24. The van der Waals surface area contributed by atoms with Crippen LogP contribution in [0.15, 0.2) is 28.8 Å². The van der Waals surface area contributed by atoms with E-state index in [4.69, 9.17) is 10.3 Å². The van der Waals surface area contributed by atoms with Gasteiger partial charge in [0.05, 0.1) is 6.04 Å². The summed E-state index contributed by atoms with van der Waals surface area (Å²) in [6, 6.07) is 8.30. The summed E-state index contributed by atoms with van der Waals surface area (Å²) in [6.07, 6.45) is 1.97. The van der Waals surface area contributed by atoms with E-state index in [0.717, 1.165) is 12.8 Å². The summed E-state index contributed by atoms with van der Waals surface area (Å²) >= 11 is 0. The Labute approximate surface area is 99.8 Å². The summed E-state index contributed by atoms with van der Waals surface area (Å²) in [5.41, 5.74) is 8.50. The predicted molar refractivity (Wildman–Crippen MR) is 63.5 cm³/mol. The number of nitrogens with zero attached hydrogens (tertiary/aromatic N) is 2. The van der Waals surface area contributed by atoms with Crippen LogP contribution < -0.4 is 5.73 Å². The molecule has 4 heteroatoms. The maximum absolute atomic E-state index is 5.72.